The van der Waals surface area contributed by atoms with Gasteiger partial charge < -0.3 is 9.32 Å². The van der Waals surface area contributed by atoms with Crippen molar-refractivity contribution >= 4 is 33.6 Å². The molecule has 1 amide bonds. The van der Waals surface area contributed by atoms with Gasteiger partial charge in [-0.1, -0.05) is 54.2 Å². The maximum atomic E-state index is 12.6. The number of carbonyl (C=O) groups excluding carboxylic acids is 1. The average Bonchev–Trinajstić information content (AvgIpc) is 3.30. The highest BCUT2D eigenvalue weighted by Gasteiger charge is 2.20. The zero-order valence-electron chi connectivity index (χ0n) is 16.5. The molecule has 0 saturated carbocycles. The second-order valence-corrected chi connectivity index (χ2v) is 8.36. The fourth-order valence-corrected chi connectivity index (χ4v) is 3.99. The Morgan fingerprint density at radius 2 is 2.00 bits per heavy atom. The van der Waals surface area contributed by atoms with Crippen molar-refractivity contribution in [3.63, 3.8) is 0 Å². The van der Waals surface area contributed by atoms with Crippen molar-refractivity contribution < 1.29 is 9.21 Å². The zero-order valence-corrected chi connectivity index (χ0v) is 18.9. The van der Waals surface area contributed by atoms with E-state index in [4.69, 9.17) is 4.42 Å². The van der Waals surface area contributed by atoms with E-state index in [0.717, 1.165) is 11.1 Å². The van der Waals surface area contributed by atoms with E-state index in [1.54, 1.807) is 4.90 Å². The smallest absolute Gasteiger partial charge is 0.233 e. The first-order chi connectivity index (χ1) is 14.0. The minimum atomic E-state index is 0.0528. The molecule has 2 aromatic heterocycles. The molecule has 0 unspecified atom stereocenters. The number of likely N-dealkylation sites (N-methyl/N-ethyl adjacent to an activating group) is 1. The first-order valence-electron chi connectivity index (χ1n) is 9.25. The van der Waals surface area contributed by atoms with Crippen LogP contribution in [0.2, 0.25) is 0 Å². The summed E-state index contributed by atoms with van der Waals surface area (Å²) in [7, 11) is 0. The molecule has 0 N–H and O–H groups in total. The molecule has 0 radical (unpaired) electrons. The molecule has 3 aromatic rings. The van der Waals surface area contributed by atoms with Gasteiger partial charge in [0.05, 0.1) is 12.3 Å². The highest BCUT2D eigenvalue weighted by atomic mass is 79.9. The molecular formula is C21H23BrN4O2S. The van der Waals surface area contributed by atoms with Gasteiger partial charge in [-0.05, 0) is 47.5 Å². The fraction of sp³-hybridized carbons (Fsp3) is 0.286. The largest absolute Gasteiger partial charge is 0.446 e. The standard InChI is InChI=1S/C21H23BrN4O2S/c1-4-25(12-15(2)3)19(27)14-29-21-24-23-20(17-10-11-18(22)28-17)26(21)13-16-8-6-5-7-9-16/h5-11H,2,4,12-14H2,1,3H3. The Kier molecular flexibility index (Phi) is 7.33. The lowest BCUT2D eigenvalue weighted by Gasteiger charge is -2.20. The summed E-state index contributed by atoms with van der Waals surface area (Å²) in [4.78, 5) is 14.4. The van der Waals surface area contributed by atoms with Crippen LogP contribution in [0.4, 0.5) is 0 Å². The molecule has 0 spiro atoms. The van der Waals surface area contributed by atoms with Crippen LogP contribution >= 0.6 is 27.7 Å². The summed E-state index contributed by atoms with van der Waals surface area (Å²) in [5.74, 6) is 1.59. The van der Waals surface area contributed by atoms with E-state index in [2.05, 4.69) is 32.7 Å². The number of carbonyl (C=O) groups is 1. The third-order valence-electron chi connectivity index (χ3n) is 4.21. The van der Waals surface area contributed by atoms with Crippen LogP contribution in [0.5, 0.6) is 0 Å². The van der Waals surface area contributed by atoms with Gasteiger partial charge in [-0.15, -0.1) is 10.2 Å². The second-order valence-electron chi connectivity index (χ2n) is 6.64. The van der Waals surface area contributed by atoms with E-state index in [9.17, 15) is 4.79 Å². The molecule has 0 aliphatic carbocycles. The number of hydrogen-bond donors (Lipinski definition) is 0. The predicted octanol–water partition coefficient (Wildman–Crippen LogP) is 4.87. The Balaban J connectivity index is 1.83. The molecule has 0 atom stereocenters. The van der Waals surface area contributed by atoms with Gasteiger partial charge in [0, 0.05) is 13.1 Å². The van der Waals surface area contributed by atoms with E-state index in [1.165, 1.54) is 11.8 Å². The third kappa shape index (κ3) is 5.61. The lowest BCUT2D eigenvalue weighted by Crippen LogP contribution is -2.33. The summed E-state index contributed by atoms with van der Waals surface area (Å²) in [6.45, 7) is 9.59. The number of thioether (sulfide) groups is 1. The molecular weight excluding hydrogens is 452 g/mol. The topological polar surface area (TPSA) is 64.2 Å². The van der Waals surface area contributed by atoms with Crippen LogP contribution in [0.3, 0.4) is 0 Å². The Bertz CT molecular complexity index is 984. The van der Waals surface area contributed by atoms with E-state index < -0.39 is 0 Å². The first-order valence-corrected chi connectivity index (χ1v) is 11.0. The van der Waals surface area contributed by atoms with Gasteiger partial charge in [0.2, 0.25) is 11.7 Å². The molecule has 0 saturated heterocycles. The third-order valence-corrected chi connectivity index (χ3v) is 5.59. The van der Waals surface area contributed by atoms with Crippen LogP contribution in [-0.4, -0.2) is 44.4 Å². The van der Waals surface area contributed by atoms with Crippen LogP contribution in [0.15, 0.2) is 68.9 Å². The molecule has 0 fully saturated rings. The van der Waals surface area contributed by atoms with Crippen molar-refractivity contribution in [2.45, 2.75) is 25.5 Å². The Hall–Kier alpha value is -2.32. The summed E-state index contributed by atoms with van der Waals surface area (Å²) in [5, 5.41) is 9.33. The highest BCUT2D eigenvalue weighted by Crippen LogP contribution is 2.28. The number of halogens is 1. The lowest BCUT2D eigenvalue weighted by molar-refractivity contribution is -0.127. The summed E-state index contributed by atoms with van der Waals surface area (Å²) < 4.78 is 8.29. The molecule has 0 aliphatic heterocycles. The monoisotopic (exact) mass is 474 g/mol. The summed E-state index contributed by atoms with van der Waals surface area (Å²) >= 11 is 4.72. The normalized spacial score (nSPS) is 10.9. The van der Waals surface area contributed by atoms with Crippen LogP contribution in [0.1, 0.15) is 19.4 Å². The Morgan fingerprint density at radius 1 is 1.24 bits per heavy atom. The van der Waals surface area contributed by atoms with E-state index in [1.807, 2.05) is 60.9 Å². The van der Waals surface area contributed by atoms with Crippen molar-refractivity contribution in [2.75, 3.05) is 18.8 Å². The molecule has 1 aromatic carbocycles. The molecule has 0 bridgehead atoms. The second kappa shape index (κ2) is 9.93. The number of rotatable bonds is 9. The molecule has 0 aliphatic rings. The predicted molar refractivity (Wildman–Crippen MR) is 119 cm³/mol. The van der Waals surface area contributed by atoms with Crippen molar-refractivity contribution in [1.29, 1.82) is 0 Å². The van der Waals surface area contributed by atoms with Crippen LogP contribution in [0, 0.1) is 0 Å². The minimum absolute atomic E-state index is 0.0528. The fourth-order valence-electron chi connectivity index (χ4n) is 2.84. The van der Waals surface area contributed by atoms with Gasteiger partial charge in [-0.2, -0.15) is 0 Å². The maximum Gasteiger partial charge on any atom is 0.233 e. The quantitative estimate of drug-likeness (QED) is 0.327. The van der Waals surface area contributed by atoms with Crippen molar-refractivity contribution in [3.8, 4) is 11.6 Å². The molecule has 29 heavy (non-hydrogen) atoms. The molecule has 152 valence electrons. The number of furan rings is 1. The van der Waals surface area contributed by atoms with Crippen molar-refractivity contribution in [1.82, 2.24) is 19.7 Å². The summed E-state index contributed by atoms with van der Waals surface area (Å²) in [5.41, 5.74) is 2.08. The minimum Gasteiger partial charge on any atom is -0.446 e. The number of aromatic nitrogens is 3. The lowest BCUT2D eigenvalue weighted by atomic mass is 10.2. The molecule has 3 rings (SSSR count). The van der Waals surface area contributed by atoms with Gasteiger partial charge >= 0.3 is 0 Å². The van der Waals surface area contributed by atoms with Gasteiger partial charge in [0.1, 0.15) is 0 Å². The van der Waals surface area contributed by atoms with Gasteiger partial charge in [0.25, 0.3) is 0 Å². The van der Waals surface area contributed by atoms with E-state index in [-0.39, 0.29) is 11.7 Å². The number of benzene rings is 1. The number of hydrogen-bond acceptors (Lipinski definition) is 5. The van der Waals surface area contributed by atoms with Crippen LogP contribution < -0.4 is 0 Å². The van der Waals surface area contributed by atoms with E-state index in [0.29, 0.717) is 41.0 Å². The molecule has 2 heterocycles. The zero-order chi connectivity index (χ0) is 20.8. The Morgan fingerprint density at radius 3 is 2.62 bits per heavy atom. The Labute approximate surface area is 183 Å². The first kappa shape index (κ1) is 21.4. The van der Waals surface area contributed by atoms with Crippen molar-refractivity contribution in [2.24, 2.45) is 0 Å². The van der Waals surface area contributed by atoms with Gasteiger partial charge in [-0.3, -0.25) is 9.36 Å². The van der Waals surface area contributed by atoms with Gasteiger partial charge in [0.15, 0.2) is 15.6 Å². The van der Waals surface area contributed by atoms with Crippen LogP contribution in [0.25, 0.3) is 11.6 Å². The maximum absolute atomic E-state index is 12.6. The average molecular weight is 475 g/mol. The molecule has 8 heteroatoms. The molecule has 6 nitrogen and oxygen atoms in total. The SMILES string of the molecule is C=C(C)CN(CC)C(=O)CSc1nnc(-c2ccc(Br)o2)n1Cc1ccccc1. The summed E-state index contributed by atoms with van der Waals surface area (Å²) in [6, 6.07) is 13.7. The number of nitrogens with zero attached hydrogens (tertiary/aromatic N) is 4. The van der Waals surface area contributed by atoms with Gasteiger partial charge in [-0.25, -0.2) is 0 Å². The number of amides is 1. The highest BCUT2D eigenvalue weighted by molar-refractivity contribution is 9.10. The van der Waals surface area contributed by atoms with Crippen LogP contribution in [-0.2, 0) is 11.3 Å². The summed E-state index contributed by atoms with van der Waals surface area (Å²) in [6.07, 6.45) is 0. The van der Waals surface area contributed by atoms with E-state index >= 15 is 0 Å². The van der Waals surface area contributed by atoms with Crippen molar-refractivity contribution in [3.05, 3.63) is 64.8 Å².